The third-order valence-corrected chi connectivity index (χ3v) is 8.45. The van der Waals surface area contributed by atoms with Crippen molar-refractivity contribution in [2.75, 3.05) is 6.61 Å². The molecule has 1 aliphatic heterocycles. The number of hydrogen-bond donors (Lipinski definition) is 0. The zero-order valence-electron chi connectivity index (χ0n) is 11.4. The second kappa shape index (κ2) is 4.58. The second-order valence-electron chi connectivity index (χ2n) is 7.11. The molecule has 0 aromatic rings. The van der Waals surface area contributed by atoms with Gasteiger partial charge in [-0.05, 0) is 29.3 Å². The van der Waals surface area contributed by atoms with E-state index in [-0.39, 0.29) is 0 Å². The molecule has 0 aromatic heterocycles. The minimum atomic E-state index is -0.914. The molecule has 0 spiro atoms. The van der Waals surface area contributed by atoms with Gasteiger partial charge in [-0.3, -0.25) is 0 Å². The molecule has 1 heterocycles. The predicted octanol–water partition coefficient (Wildman–Crippen LogP) is 3.92. The molecule has 15 heavy (non-hydrogen) atoms. The Balaban J connectivity index is 2.80. The lowest BCUT2D eigenvalue weighted by Crippen LogP contribution is -2.48. The lowest BCUT2D eigenvalue weighted by atomic mass is 10.2. The smallest absolute Gasteiger partial charge is 0.0824 e. The quantitative estimate of drug-likeness (QED) is 0.618. The molecule has 0 N–H and O–H groups in total. The number of ether oxygens (including phenoxy) is 1. The Bertz CT molecular complexity index is 180. The van der Waals surface area contributed by atoms with Crippen LogP contribution in [0.25, 0.3) is 0 Å². The van der Waals surface area contributed by atoms with Crippen LogP contribution in [0.15, 0.2) is 0 Å². The Kier molecular flexibility index (Phi) is 4.05. The van der Waals surface area contributed by atoms with E-state index < -0.39 is 8.80 Å². The molecule has 0 aliphatic carbocycles. The SMILES string of the molecule is CC(C)(C)[SiH](C1CCCCO1)C(C)(C)C. The average molecular weight is 228 g/mol. The summed E-state index contributed by atoms with van der Waals surface area (Å²) in [4.78, 5) is 0. The molecule has 0 amide bonds. The van der Waals surface area contributed by atoms with Crippen LogP contribution in [0.2, 0.25) is 10.1 Å². The molecule has 1 fully saturated rings. The Morgan fingerprint density at radius 3 is 1.80 bits per heavy atom. The van der Waals surface area contributed by atoms with E-state index in [1.807, 2.05) is 0 Å². The average Bonchev–Trinajstić information content (AvgIpc) is 2.00. The molecule has 90 valence electrons. The van der Waals surface area contributed by atoms with E-state index in [1.165, 1.54) is 19.3 Å². The van der Waals surface area contributed by atoms with E-state index in [0.717, 1.165) is 6.61 Å². The van der Waals surface area contributed by atoms with Gasteiger partial charge in [0.1, 0.15) is 0 Å². The zero-order valence-corrected chi connectivity index (χ0v) is 12.5. The lowest BCUT2D eigenvalue weighted by molar-refractivity contribution is 0.0582. The summed E-state index contributed by atoms with van der Waals surface area (Å²) < 4.78 is 6.05. The predicted molar refractivity (Wildman–Crippen MR) is 70.2 cm³/mol. The van der Waals surface area contributed by atoms with E-state index in [4.69, 9.17) is 4.74 Å². The normalized spacial score (nSPS) is 24.6. The highest BCUT2D eigenvalue weighted by atomic mass is 28.3. The Hall–Kier alpha value is 0.177. The Labute approximate surface area is 97.2 Å². The first kappa shape index (κ1) is 13.2. The first-order valence-corrected chi connectivity index (χ1v) is 8.16. The maximum absolute atomic E-state index is 6.05. The fourth-order valence-electron chi connectivity index (χ4n) is 3.44. The fraction of sp³-hybridized carbons (Fsp3) is 1.00. The van der Waals surface area contributed by atoms with Gasteiger partial charge in [-0.15, -0.1) is 0 Å². The molecule has 1 aliphatic rings. The third kappa shape index (κ3) is 3.60. The van der Waals surface area contributed by atoms with E-state index in [1.54, 1.807) is 0 Å². The van der Waals surface area contributed by atoms with Gasteiger partial charge < -0.3 is 4.74 Å². The summed E-state index contributed by atoms with van der Waals surface area (Å²) in [5, 5.41) is 0.945. The summed E-state index contributed by atoms with van der Waals surface area (Å²) in [5.41, 5.74) is 0.610. The van der Waals surface area contributed by atoms with Crippen LogP contribution in [0.3, 0.4) is 0 Å². The molecule has 0 bridgehead atoms. The number of rotatable bonds is 1. The van der Waals surface area contributed by atoms with Gasteiger partial charge in [-0.1, -0.05) is 41.5 Å². The molecular weight excluding hydrogens is 200 g/mol. The van der Waals surface area contributed by atoms with Gasteiger partial charge in [-0.25, -0.2) is 0 Å². The van der Waals surface area contributed by atoms with Gasteiger partial charge in [0.2, 0.25) is 0 Å². The van der Waals surface area contributed by atoms with Gasteiger partial charge in [0.05, 0.1) is 8.80 Å². The van der Waals surface area contributed by atoms with E-state index in [2.05, 4.69) is 41.5 Å². The monoisotopic (exact) mass is 228 g/mol. The molecule has 1 unspecified atom stereocenters. The van der Waals surface area contributed by atoms with E-state index in [9.17, 15) is 0 Å². The molecule has 1 nitrogen and oxygen atoms in total. The van der Waals surface area contributed by atoms with E-state index >= 15 is 0 Å². The summed E-state index contributed by atoms with van der Waals surface area (Å²) in [7, 11) is -0.914. The first-order valence-electron chi connectivity index (χ1n) is 6.34. The van der Waals surface area contributed by atoms with Crippen LogP contribution in [0.4, 0.5) is 0 Å². The van der Waals surface area contributed by atoms with Crippen molar-refractivity contribution < 1.29 is 4.74 Å². The van der Waals surface area contributed by atoms with Crippen molar-refractivity contribution in [1.29, 1.82) is 0 Å². The minimum Gasteiger partial charge on any atom is -0.382 e. The maximum Gasteiger partial charge on any atom is 0.0824 e. The maximum atomic E-state index is 6.05. The molecule has 1 atom stereocenters. The van der Waals surface area contributed by atoms with Gasteiger partial charge in [0.25, 0.3) is 0 Å². The van der Waals surface area contributed by atoms with Crippen LogP contribution in [0.1, 0.15) is 60.8 Å². The molecule has 2 heteroatoms. The van der Waals surface area contributed by atoms with Crippen molar-refractivity contribution in [1.82, 2.24) is 0 Å². The lowest BCUT2D eigenvalue weighted by Gasteiger charge is -2.45. The van der Waals surface area contributed by atoms with Gasteiger partial charge in [0.15, 0.2) is 0 Å². The zero-order chi connectivity index (χ0) is 11.7. The van der Waals surface area contributed by atoms with Crippen molar-refractivity contribution >= 4 is 8.80 Å². The minimum absolute atomic E-state index is 0.472. The van der Waals surface area contributed by atoms with Gasteiger partial charge >= 0.3 is 0 Å². The van der Waals surface area contributed by atoms with Crippen molar-refractivity contribution in [2.24, 2.45) is 0 Å². The highest BCUT2D eigenvalue weighted by Crippen LogP contribution is 2.45. The standard InChI is InChI=1S/C13H28OSi/c1-12(2,3)15(13(4,5)6)11-9-7-8-10-14-11/h11,15H,7-10H2,1-6H3. The first-order chi connectivity index (χ1) is 6.73. The Morgan fingerprint density at radius 2 is 1.47 bits per heavy atom. The largest absolute Gasteiger partial charge is 0.382 e. The summed E-state index contributed by atoms with van der Waals surface area (Å²) >= 11 is 0. The van der Waals surface area contributed by atoms with Gasteiger partial charge in [0, 0.05) is 12.3 Å². The van der Waals surface area contributed by atoms with E-state index in [0.29, 0.717) is 15.8 Å². The highest BCUT2D eigenvalue weighted by molar-refractivity contribution is 6.66. The molecule has 0 saturated carbocycles. The van der Waals surface area contributed by atoms with Crippen LogP contribution in [0.5, 0.6) is 0 Å². The van der Waals surface area contributed by atoms with Crippen LogP contribution in [0, 0.1) is 0 Å². The highest BCUT2D eigenvalue weighted by Gasteiger charge is 2.42. The topological polar surface area (TPSA) is 9.23 Å². The van der Waals surface area contributed by atoms with Crippen LogP contribution in [-0.4, -0.2) is 21.1 Å². The Morgan fingerprint density at radius 1 is 0.933 bits per heavy atom. The molecular formula is C13H28OSi. The van der Waals surface area contributed by atoms with Crippen molar-refractivity contribution in [3.63, 3.8) is 0 Å². The van der Waals surface area contributed by atoms with Crippen LogP contribution >= 0.6 is 0 Å². The summed E-state index contributed by atoms with van der Waals surface area (Å²) in [6.45, 7) is 15.5. The fourth-order valence-corrected chi connectivity index (χ4v) is 9.17. The summed E-state index contributed by atoms with van der Waals surface area (Å²) in [5.74, 6) is 0. The summed E-state index contributed by atoms with van der Waals surface area (Å²) in [6, 6.07) is 0. The second-order valence-corrected chi connectivity index (χ2v) is 12.3. The van der Waals surface area contributed by atoms with Crippen molar-refractivity contribution in [3.05, 3.63) is 0 Å². The van der Waals surface area contributed by atoms with Crippen molar-refractivity contribution in [2.45, 2.75) is 76.6 Å². The molecule has 0 aromatic carbocycles. The third-order valence-electron chi connectivity index (χ3n) is 3.45. The van der Waals surface area contributed by atoms with Gasteiger partial charge in [-0.2, -0.15) is 0 Å². The number of hydrogen-bond acceptors (Lipinski definition) is 1. The van der Waals surface area contributed by atoms with Crippen molar-refractivity contribution in [3.8, 4) is 0 Å². The molecule has 1 saturated heterocycles. The molecule has 0 radical (unpaired) electrons. The van der Waals surface area contributed by atoms with Crippen LogP contribution < -0.4 is 0 Å². The molecule has 1 rings (SSSR count). The summed E-state index contributed by atoms with van der Waals surface area (Å²) in [6.07, 6.45) is 3.96. The van der Waals surface area contributed by atoms with Crippen LogP contribution in [-0.2, 0) is 4.74 Å².